The molecule has 2 bridgehead atoms. The van der Waals surface area contributed by atoms with E-state index in [0.717, 1.165) is 50.0 Å². The number of carbonyl (C=O) groups excluding carboxylic acids is 1. The number of amides is 1. The van der Waals surface area contributed by atoms with Crippen LogP contribution in [0.1, 0.15) is 41.5 Å². The van der Waals surface area contributed by atoms with Gasteiger partial charge in [-0.1, -0.05) is 35.9 Å². The number of hydrogen-bond acceptors (Lipinski definition) is 5. The predicted octanol–water partition coefficient (Wildman–Crippen LogP) is 4.53. The van der Waals surface area contributed by atoms with E-state index in [1.807, 2.05) is 56.4 Å². The van der Waals surface area contributed by atoms with Crippen LogP contribution in [0.25, 0.3) is 6.08 Å². The first-order valence-corrected chi connectivity index (χ1v) is 13.9. The topological polar surface area (TPSA) is 56.2 Å². The Morgan fingerprint density at radius 3 is 2.82 bits per heavy atom. The summed E-state index contributed by atoms with van der Waals surface area (Å²) in [7, 11) is 6.00. The maximum atomic E-state index is 13.5. The summed E-state index contributed by atoms with van der Waals surface area (Å²) in [4.78, 5) is 20.0. The molecule has 0 aromatic heterocycles. The number of aromatic hydroxyl groups is 1. The van der Waals surface area contributed by atoms with Gasteiger partial charge in [-0.25, -0.2) is 0 Å². The summed E-state index contributed by atoms with van der Waals surface area (Å²) in [6.07, 6.45) is 9.26. The molecule has 0 unspecified atom stereocenters. The van der Waals surface area contributed by atoms with Crippen molar-refractivity contribution in [1.82, 2.24) is 9.80 Å². The van der Waals surface area contributed by atoms with Gasteiger partial charge in [0.2, 0.25) is 5.91 Å². The van der Waals surface area contributed by atoms with E-state index < -0.39 is 0 Å². The van der Waals surface area contributed by atoms with Gasteiger partial charge in [0.15, 0.2) is 11.5 Å². The second kappa shape index (κ2) is 9.19. The molecule has 1 saturated heterocycles. The number of likely N-dealkylation sites (tertiary alicyclic amines) is 1. The quantitative estimate of drug-likeness (QED) is 0.454. The van der Waals surface area contributed by atoms with Crippen LogP contribution >= 0.6 is 0 Å². The van der Waals surface area contributed by atoms with Crippen molar-refractivity contribution in [2.24, 2.45) is 5.92 Å². The Labute approximate surface area is 226 Å². The fourth-order valence-corrected chi connectivity index (χ4v) is 8.07. The molecule has 1 saturated carbocycles. The average molecular weight is 514 g/mol. The molecular weight excluding hydrogens is 474 g/mol. The van der Waals surface area contributed by atoms with E-state index in [4.69, 9.17) is 4.74 Å². The Morgan fingerprint density at radius 2 is 2.08 bits per heavy atom. The van der Waals surface area contributed by atoms with Gasteiger partial charge in [-0.05, 0) is 62.3 Å². The van der Waals surface area contributed by atoms with E-state index in [0.29, 0.717) is 17.7 Å². The number of anilines is 1. The molecule has 2 aromatic carbocycles. The van der Waals surface area contributed by atoms with Gasteiger partial charge in [0.05, 0.1) is 6.04 Å². The van der Waals surface area contributed by atoms with Crippen molar-refractivity contribution in [2.45, 2.75) is 56.2 Å². The SMILES string of the molecule is C=CCN1CC[C@]23c4c5c(N(C)C)cc(O)c4O[C@H]2[C@@H](N(C)C(=O)C=Cc2cccc(C)c2)CC[C@H]3[C@H]1C5. The van der Waals surface area contributed by atoms with Crippen molar-refractivity contribution in [3.05, 3.63) is 71.3 Å². The van der Waals surface area contributed by atoms with E-state index in [2.05, 4.69) is 35.4 Å². The molecule has 2 aliphatic carbocycles. The van der Waals surface area contributed by atoms with Crippen LogP contribution in [0, 0.1) is 12.8 Å². The van der Waals surface area contributed by atoms with Crippen LogP contribution in [0.15, 0.2) is 49.1 Å². The normalized spacial score (nSPS) is 29.1. The molecule has 2 heterocycles. The molecule has 2 aromatic rings. The van der Waals surface area contributed by atoms with Crippen LogP contribution in [0.4, 0.5) is 5.69 Å². The molecule has 4 aliphatic rings. The monoisotopic (exact) mass is 513 g/mol. The van der Waals surface area contributed by atoms with Crippen LogP contribution in [0.5, 0.6) is 11.5 Å². The third kappa shape index (κ3) is 3.60. The molecule has 0 radical (unpaired) electrons. The zero-order valence-electron chi connectivity index (χ0n) is 23.0. The Bertz CT molecular complexity index is 1320. The first-order chi connectivity index (χ1) is 18.3. The van der Waals surface area contributed by atoms with Crippen molar-refractivity contribution < 1.29 is 14.6 Å². The maximum Gasteiger partial charge on any atom is 0.246 e. The number of piperidine rings is 1. The minimum Gasteiger partial charge on any atom is -0.504 e. The Morgan fingerprint density at radius 1 is 1.26 bits per heavy atom. The van der Waals surface area contributed by atoms with Crippen LogP contribution < -0.4 is 9.64 Å². The van der Waals surface area contributed by atoms with Crippen molar-refractivity contribution in [3.8, 4) is 11.5 Å². The number of rotatable bonds is 6. The van der Waals surface area contributed by atoms with Gasteiger partial charge in [-0.2, -0.15) is 0 Å². The van der Waals surface area contributed by atoms with Crippen molar-refractivity contribution >= 4 is 17.7 Å². The van der Waals surface area contributed by atoms with Crippen LogP contribution in [-0.4, -0.2) is 73.2 Å². The lowest BCUT2D eigenvalue weighted by Gasteiger charge is -2.60. The van der Waals surface area contributed by atoms with Crippen molar-refractivity contribution in [3.63, 3.8) is 0 Å². The Hall–Kier alpha value is -3.25. The third-order valence-electron chi connectivity index (χ3n) is 9.66. The van der Waals surface area contributed by atoms with Gasteiger partial charge in [0.1, 0.15) is 6.10 Å². The molecule has 2 fully saturated rings. The molecule has 6 nitrogen and oxygen atoms in total. The molecule has 1 amide bonds. The van der Waals surface area contributed by atoms with Crippen LogP contribution in [0.3, 0.4) is 0 Å². The van der Waals surface area contributed by atoms with Gasteiger partial charge in [0.25, 0.3) is 0 Å². The number of ether oxygens (including phenoxy) is 1. The Kier molecular flexibility index (Phi) is 6.06. The average Bonchev–Trinajstić information content (AvgIpc) is 3.24. The van der Waals surface area contributed by atoms with Gasteiger partial charge in [-0.3, -0.25) is 9.69 Å². The molecule has 1 N–H and O–H groups in total. The number of carbonyl (C=O) groups is 1. The van der Waals surface area contributed by atoms with Gasteiger partial charge < -0.3 is 19.6 Å². The van der Waals surface area contributed by atoms with Crippen LogP contribution in [-0.2, 0) is 16.6 Å². The highest BCUT2D eigenvalue weighted by molar-refractivity contribution is 5.92. The highest BCUT2D eigenvalue weighted by Crippen LogP contribution is 2.65. The van der Waals surface area contributed by atoms with E-state index in [9.17, 15) is 9.90 Å². The fourth-order valence-electron chi connectivity index (χ4n) is 8.07. The summed E-state index contributed by atoms with van der Waals surface area (Å²) in [6.45, 7) is 7.94. The number of benzene rings is 2. The number of phenols is 1. The zero-order valence-corrected chi connectivity index (χ0v) is 23.0. The second-order valence-electron chi connectivity index (χ2n) is 11.8. The van der Waals surface area contributed by atoms with Crippen molar-refractivity contribution in [2.75, 3.05) is 39.1 Å². The lowest BCUT2D eigenvalue weighted by atomic mass is 9.50. The van der Waals surface area contributed by atoms with Crippen LogP contribution in [0.2, 0.25) is 0 Å². The number of likely N-dealkylation sites (N-methyl/N-ethyl adjacent to an activating group) is 1. The number of nitrogens with zero attached hydrogens (tertiary/aromatic N) is 3. The number of phenolic OH excluding ortho intramolecular Hbond substituents is 1. The first kappa shape index (κ1) is 25.1. The van der Waals surface area contributed by atoms with Gasteiger partial charge in [0, 0.05) is 62.5 Å². The molecule has 38 heavy (non-hydrogen) atoms. The zero-order chi connectivity index (χ0) is 26.8. The molecule has 1 spiro atoms. The second-order valence-corrected chi connectivity index (χ2v) is 11.8. The molecule has 6 rings (SSSR count). The third-order valence-corrected chi connectivity index (χ3v) is 9.66. The minimum absolute atomic E-state index is 0.0132. The lowest BCUT2D eigenvalue weighted by molar-refractivity contribution is -0.135. The number of aryl methyl sites for hydroxylation is 1. The summed E-state index contributed by atoms with van der Waals surface area (Å²) >= 11 is 0. The maximum absolute atomic E-state index is 13.5. The van der Waals surface area contributed by atoms with E-state index in [1.165, 1.54) is 16.7 Å². The van der Waals surface area contributed by atoms with Gasteiger partial charge in [-0.15, -0.1) is 6.58 Å². The standard InChI is InChI=1S/C32H39N3O3/c1-6-15-35-16-14-32-23-11-12-24(34(5)28(37)13-10-21-9-7-8-20(2)17-21)31(32)38-30-27(36)19-25(33(3)4)22(29(30)32)18-26(23)35/h6-10,13,17,19,23-24,26,31,36H,1,11-12,14-16,18H2,2-5H3/t23-,24-,26+,31-,32-/m0/s1. The summed E-state index contributed by atoms with van der Waals surface area (Å²) in [5.74, 6) is 1.28. The molecule has 6 heteroatoms. The summed E-state index contributed by atoms with van der Waals surface area (Å²) in [5.41, 5.74) is 5.58. The largest absolute Gasteiger partial charge is 0.504 e. The Balaban J connectivity index is 1.39. The minimum atomic E-state index is -0.202. The molecule has 200 valence electrons. The summed E-state index contributed by atoms with van der Waals surface area (Å²) < 4.78 is 6.78. The smallest absolute Gasteiger partial charge is 0.246 e. The lowest BCUT2D eigenvalue weighted by Crippen LogP contribution is -2.68. The predicted molar refractivity (Wildman–Crippen MR) is 152 cm³/mol. The van der Waals surface area contributed by atoms with E-state index >= 15 is 0 Å². The van der Waals surface area contributed by atoms with E-state index in [-0.39, 0.29) is 29.2 Å². The molecule has 2 aliphatic heterocycles. The highest BCUT2D eigenvalue weighted by Gasteiger charge is 2.66. The fraction of sp³-hybridized carbons (Fsp3) is 0.469. The highest BCUT2D eigenvalue weighted by atomic mass is 16.5. The summed E-state index contributed by atoms with van der Waals surface area (Å²) in [5, 5.41) is 11.2. The molecular formula is C32H39N3O3. The van der Waals surface area contributed by atoms with Gasteiger partial charge >= 0.3 is 0 Å². The first-order valence-electron chi connectivity index (χ1n) is 13.9. The molecule has 5 atom stereocenters. The number of hydrogen-bond donors (Lipinski definition) is 1. The summed E-state index contributed by atoms with van der Waals surface area (Å²) in [6, 6.07) is 10.4. The van der Waals surface area contributed by atoms with E-state index in [1.54, 1.807) is 6.08 Å². The van der Waals surface area contributed by atoms with Crippen molar-refractivity contribution in [1.29, 1.82) is 0 Å².